The maximum absolute atomic E-state index is 10.8. The van der Waals surface area contributed by atoms with Gasteiger partial charge in [-0.1, -0.05) is 12.5 Å². The predicted molar refractivity (Wildman–Crippen MR) is 113 cm³/mol. The number of aliphatic hydroxyl groups excluding tert-OH is 1. The normalized spacial score (nSPS) is 19.6. The average Bonchev–Trinajstić information content (AvgIpc) is 3.50. The Morgan fingerprint density at radius 1 is 1.17 bits per heavy atom. The monoisotopic (exact) mass is 421 g/mol. The molecule has 2 aliphatic heterocycles. The van der Waals surface area contributed by atoms with Crippen molar-refractivity contribution in [1.29, 1.82) is 0 Å². The summed E-state index contributed by atoms with van der Waals surface area (Å²) in [5.74, 6) is 1.58. The molecule has 2 N–H and O–H groups in total. The highest BCUT2D eigenvalue weighted by Gasteiger charge is 2.25. The van der Waals surface area contributed by atoms with E-state index in [-0.39, 0.29) is 25.1 Å². The first-order valence-corrected chi connectivity index (χ1v) is 11.3. The van der Waals surface area contributed by atoms with Crippen LogP contribution in [0.1, 0.15) is 38.5 Å². The summed E-state index contributed by atoms with van der Waals surface area (Å²) in [4.78, 5) is 24.1. The van der Waals surface area contributed by atoms with Gasteiger partial charge in [-0.15, -0.1) is 0 Å². The number of urea groups is 1. The Kier molecular flexibility index (Phi) is 8.64. The fourth-order valence-corrected chi connectivity index (χ4v) is 4.20. The van der Waals surface area contributed by atoms with E-state index in [0.29, 0.717) is 13.0 Å². The van der Waals surface area contributed by atoms with Gasteiger partial charge in [-0.3, -0.25) is 10.1 Å². The van der Waals surface area contributed by atoms with Crippen molar-refractivity contribution in [3.05, 3.63) is 24.3 Å². The van der Waals surface area contributed by atoms with E-state index in [2.05, 4.69) is 33.9 Å². The first-order chi connectivity index (χ1) is 14.1. The quantitative estimate of drug-likeness (QED) is 0.496. The van der Waals surface area contributed by atoms with Crippen molar-refractivity contribution in [3.63, 3.8) is 0 Å². The summed E-state index contributed by atoms with van der Waals surface area (Å²) >= 11 is 1.88. The van der Waals surface area contributed by atoms with E-state index in [1.165, 1.54) is 55.0 Å². The van der Waals surface area contributed by atoms with Crippen molar-refractivity contribution in [3.8, 4) is 5.75 Å². The van der Waals surface area contributed by atoms with Gasteiger partial charge in [-0.25, -0.2) is 9.10 Å². The van der Waals surface area contributed by atoms with Crippen LogP contribution >= 0.6 is 11.9 Å². The smallest absolute Gasteiger partial charge is 0.324 e. The molecule has 29 heavy (non-hydrogen) atoms. The molecule has 3 fully saturated rings. The Labute approximate surface area is 176 Å². The molecule has 160 valence electrons. The number of rotatable bonds is 8. The molecule has 3 amide bonds. The second kappa shape index (κ2) is 11.4. The Hall–Kier alpha value is -1.77. The molecule has 1 aromatic rings. The highest BCUT2D eigenvalue weighted by atomic mass is 32.2. The van der Waals surface area contributed by atoms with Crippen LogP contribution in [-0.4, -0.2) is 65.6 Å². The molecule has 1 saturated carbocycles. The Morgan fingerprint density at radius 2 is 1.97 bits per heavy atom. The van der Waals surface area contributed by atoms with Gasteiger partial charge in [0.15, 0.2) is 0 Å². The van der Waals surface area contributed by atoms with Crippen LogP contribution in [0, 0.1) is 5.92 Å². The van der Waals surface area contributed by atoms with Crippen LogP contribution in [0.4, 0.5) is 4.79 Å². The molecule has 4 rings (SSSR count). The molecule has 1 aromatic carbocycles. The van der Waals surface area contributed by atoms with Gasteiger partial charge in [-0.2, -0.15) is 0 Å². The van der Waals surface area contributed by atoms with Gasteiger partial charge in [0.1, 0.15) is 12.3 Å². The molecule has 7 nitrogen and oxygen atoms in total. The van der Waals surface area contributed by atoms with Gasteiger partial charge in [0.25, 0.3) is 0 Å². The van der Waals surface area contributed by atoms with Crippen molar-refractivity contribution in [1.82, 2.24) is 14.5 Å². The van der Waals surface area contributed by atoms with Gasteiger partial charge < -0.3 is 14.7 Å². The lowest BCUT2D eigenvalue weighted by atomic mass is 10.2. The van der Waals surface area contributed by atoms with Gasteiger partial charge in [0.05, 0.1) is 6.61 Å². The van der Waals surface area contributed by atoms with Crippen LogP contribution < -0.4 is 10.1 Å². The predicted octanol–water partition coefficient (Wildman–Crippen LogP) is 2.89. The summed E-state index contributed by atoms with van der Waals surface area (Å²) in [6.45, 7) is 3.94. The number of hydrogen-bond acceptors (Lipinski definition) is 6. The van der Waals surface area contributed by atoms with Crippen molar-refractivity contribution in [2.24, 2.45) is 5.92 Å². The van der Waals surface area contributed by atoms with Crippen molar-refractivity contribution < 1.29 is 19.4 Å². The number of nitrogens with one attached hydrogen (secondary N) is 1. The summed E-state index contributed by atoms with van der Waals surface area (Å²) in [7, 11) is 0. The zero-order valence-corrected chi connectivity index (χ0v) is 17.7. The van der Waals surface area contributed by atoms with E-state index >= 15 is 0 Å². The Bertz CT molecular complexity index is 678. The lowest BCUT2D eigenvalue weighted by Gasteiger charge is -2.25. The van der Waals surface area contributed by atoms with Crippen molar-refractivity contribution >= 4 is 23.9 Å². The van der Waals surface area contributed by atoms with Gasteiger partial charge in [0.2, 0.25) is 5.91 Å². The minimum atomic E-state index is -0.358. The number of ether oxygens (including phenoxy) is 1. The summed E-state index contributed by atoms with van der Waals surface area (Å²) in [6.07, 6.45) is 7.28. The number of hydrogen-bond donors (Lipinski definition) is 2. The van der Waals surface area contributed by atoms with Crippen LogP contribution in [-0.2, 0) is 4.79 Å². The molecule has 1 aliphatic carbocycles. The van der Waals surface area contributed by atoms with E-state index in [9.17, 15) is 9.59 Å². The topological polar surface area (TPSA) is 82.1 Å². The number of carbonyl (C=O) groups is 2. The minimum absolute atomic E-state index is 0.0397. The van der Waals surface area contributed by atoms with E-state index in [1.807, 2.05) is 11.9 Å². The maximum Gasteiger partial charge on any atom is 0.324 e. The molecule has 3 aliphatic rings. The minimum Gasteiger partial charge on any atom is -0.493 e. The third-order valence-electron chi connectivity index (χ3n) is 4.99. The van der Waals surface area contributed by atoms with Gasteiger partial charge >= 0.3 is 6.03 Å². The molecule has 2 heterocycles. The fourth-order valence-electron chi connectivity index (χ4n) is 3.15. The third-order valence-corrected chi connectivity index (χ3v) is 6.08. The van der Waals surface area contributed by atoms with E-state index in [4.69, 9.17) is 9.84 Å². The molecule has 0 spiro atoms. The average molecular weight is 422 g/mol. The largest absolute Gasteiger partial charge is 0.493 e. The van der Waals surface area contributed by atoms with E-state index < -0.39 is 0 Å². The fraction of sp³-hybridized carbons (Fsp3) is 0.619. The number of amides is 3. The maximum atomic E-state index is 10.8. The highest BCUT2D eigenvalue weighted by molar-refractivity contribution is 7.97. The van der Waals surface area contributed by atoms with Crippen LogP contribution in [0.3, 0.4) is 0 Å². The molecular weight excluding hydrogens is 390 g/mol. The standard InChI is InChI=1S/C15H21NOS.C6H10N2O3/c1-2-9-16(10-3-1)18-15-6-4-5-14(11-15)17-12-13-7-8-13;9-3-1-2-8-4-5(10)7-6(8)11/h4-6,11,13H,1-3,7-10,12H2;9H,1-4H2,(H,7,10,11). The molecule has 8 heteroatoms. The third kappa shape index (κ3) is 7.87. The molecular formula is C21H31N3O4S. The lowest BCUT2D eigenvalue weighted by molar-refractivity contribution is -0.118. The second-order valence-electron chi connectivity index (χ2n) is 7.66. The van der Waals surface area contributed by atoms with E-state index in [1.54, 1.807) is 0 Å². The summed E-state index contributed by atoms with van der Waals surface area (Å²) in [5, 5.41) is 10.6. The number of benzene rings is 1. The number of carbonyl (C=O) groups excluding carboxylic acids is 2. The summed E-state index contributed by atoms with van der Waals surface area (Å²) in [5.41, 5.74) is 0. The van der Waals surface area contributed by atoms with Crippen LogP contribution in [0.2, 0.25) is 0 Å². The molecule has 0 unspecified atom stereocenters. The van der Waals surface area contributed by atoms with Crippen LogP contribution in [0.5, 0.6) is 5.75 Å². The molecule has 0 aromatic heterocycles. The molecule has 0 bridgehead atoms. The zero-order chi connectivity index (χ0) is 20.5. The number of imide groups is 1. The molecule has 0 atom stereocenters. The highest BCUT2D eigenvalue weighted by Crippen LogP contribution is 2.31. The number of nitrogens with zero attached hydrogens (tertiary/aromatic N) is 2. The zero-order valence-electron chi connectivity index (χ0n) is 16.8. The van der Waals surface area contributed by atoms with Gasteiger partial charge in [-0.05, 0) is 68.2 Å². The molecule has 2 saturated heterocycles. The van der Waals surface area contributed by atoms with Crippen LogP contribution in [0.25, 0.3) is 0 Å². The Morgan fingerprint density at radius 3 is 2.62 bits per heavy atom. The first-order valence-electron chi connectivity index (χ1n) is 10.5. The summed E-state index contributed by atoms with van der Waals surface area (Å²) < 4.78 is 8.30. The lowest BCUT2D eigenvalue weighted by Crippen LogP contribution is -2.29. The number of aliphatic hydroxyl groups is 1. The Balaban J connectivity index is 0.000000188. The second-order valence-corrected chi connectivity index (χ2v) is 8.83. The van der Waals surface area contributed by atoms with Crippen molar-refractivity contribution in [2.75, 3.05) is 39.4 Å². The molecule has 0 radical (unpaired) electrons. The first kappa shape index (κ1) is 21.9. The SMILES string of the molecule is O=C1CN(CCCO)C(=O)N1.c1cc(OCC2CC2)cc(SN2CCCCC2)c1. The summed E-state index contributed by atoms with van der Waals surface area (Å²) in [6, 6.07) is 8.19. The van der Waals surface area contributed by atoms with Crippen LogP contribution in [0.15, 0.2) is 29.2 Å². The van der Waals surface area contributed by atoms with E-state index in [0.717, 1.165) is 18.3 Å². The number of piperidine rings is 1. The van der Waals surface area contributed by atoms with Crippen molar-refractivity contribution in [2.45, 2.75) is 43.4 Å². The van der Waals surface area contributed by atoms with Gasteiger partial charge in [0, 0.05) is 31.1 Å².